The third kappa shape index (κ3) is 4.13. The molecule has 0 aliphatic rings. The first-order valence-electron chi connectivity index (χ1n) is 7.71. The van der Waals surface area contributed by atoms with Crippen LogP contribution in [0, 0.1) is 19.7 Å². The zero-order valence-corrected chi connectivity index (χ0v) is 16.4. The lowest BCUT2D eigenvalue weighted by atomic mass is 10.2. The lowest BCUT2D eigenvalue weighted by Gasteiger charge is -2.10. The maximum atomic E-state index is 14.0. The number of carbonyl (C=O) groups excluding carboxylic acids is 1. The number of nitrogens with one attached hydrogen (secondary N) is 1. The minimum absolute atomic E-state index is 0.115. The Labute approximate surface area is 162 Å². The van der Waals surface area contributed by atoms with E-state index in [4.69, 9.17) is 4.52 Å². The van der Waals surface area contributed by atoms with Crippen LogP contribution in [0.5, 0.6) is 0 Å². The molecule has 3 aromatic rings. The van der Waals surface area contributed by atoms with Crippen molar-refractivity contribution in [1.29, 1.82) is 0 Å². The van der Waals surface area contributed by atoms with Crippen LogP contribution < -0.4 is 5.32 Å². The number of thioether (sulfide) groups is 1. The van der Waals surface area contributed by atoms with Crippen molar-refractivity contribution in [3.63, 3.8) is 0 Å². The molecule has 0 spiro atoms. The highest BCUT2D eigenvalue weighted by molar-refractivity contribution is 9.10. The molecule has 0 unspecified atom stereocenters. The van der Waals surface area contributed by atoms with Gasteiger partial charge in [-0.3, -0.25) is 4.79 Å². The fourth-order valence-electron chi connectivity index (χ4n) is 2.31. The lowest BCUT2D eigenvalue weighted by molar-refractivity contribution is 0.102. The number of benzene rings is 1. The van der Waals surface area contributed by atoms with Crippen LogP contribution in [0.15, 0.2) is 50.6 Å². The van der Waals surface area contributed by atoms with Crippen molar-refractivity contribution in [3.05, 3.63) is 69.4 Å². The highest BCUT2D eigenvalue weighted by Crippen LogP contribution is 2.28. The molecule has 1 N–H and O–H groups in total. The van der Waals surface area contributed by atoms with Gasteiger partial charge in [-0.05, 0) is 44.2 Å². The maximum Gasteiger partial charge on any atom is 0.258 e. The number of pyridine rings is 1. The molecule has 0 aliphatic carbocycles. The summed E-state index contributed by atoms with van der Waals surface area (Å²) >= 11 is 4.60. The first-order chi connectivity index (χ1) is 12.5. The largest absolute Gasteiger partial charge is 0.361 e. The van der Waals surface area contributed by atoms with Crippen LogP contribution in [0.2, 0.25) is 0 Å². The van der Waals surface area contributed by atoms with E-state index in [0.717, 1.165) is 17.0 Å². The molecule has 0 saturated heterocycles. The summed E-state index contributed by atoms with van der Waals surface area (Å²) in [5.74, 6) is 0.390. The van der Waals surface area contributed by atoms with E-state index >= 15 is 0 Å². The molecule has 0 bridgehead atoms. The number of halogens is 2. The predicted molar refractivity (Wildman–Crippen MR) is 102 cm³/mol. The molecule has 134 valence electrons. The summed E-state index contributed by atoms with van der Waals surface area (Å²) in [7, 11) is 0. The first kappa shape index (κ1) is 18.6. The van der Waals surface area contributed by atoms with E-state index in [0.29, 0.717) is 20.8 Å². The van der Waals surface area contributed by atoms with Crippen LogP contribution in [-0.4, -0.2) is 16.0 Å². The van der Waals surface area contributed by atoms with Gasteiger partial charge in [0.25, 0.3) is 5.91 Å². The van der Waals surface area contributed by atoms with Gasteiger partial charge in [-0.1, -0.05) is 21.1 Å². The third-order valence-electron chi connectivity index (χ3n) is 3.73. The topological polar surface area (TPSA) is 68.0 Å². The minimum atomic E-state index is -0.512. The summed E-state index contributed by atoms with van der Waals surface area (Å²) in [4.78, 5) is 16.9. The molecule has 1 aromatic carbocycles. The van der Waals surface area contributed by atoms with E-state index in [9.17, 15) is 9.18 Å². The SMILES string of the molecule is Cc1noc(C)c1CSc1ncccc1C(=O)Nc1ccc(Br)cc1F. The summed E-state index contributed by atoms with van der Waals surface area (Å²) in [6, 6.07) is 7.80. The molecule has 0 fully saturated rings. The van der Waals surface area contributed by atoms with Crippen molar-refractivity contribution in [1.82, 2.24) is 10.1 Å². The van der Waals surface area contributed by atoms with Crippen LogP contribution in [0.25, 0.3) is 0 Å². The van der Waals surface area contributed by atoms with E-state index in [1.54, 1.807) is 24.4 Å². The van der Waals surface area contributed by atoms with Gasteiger partial charge in [0, 0.05) is 22.0 Å². The number of amides is 1. The second-order valence-electron chi connectivity index (χ2n) is 5.53. The highest BCUT2D eigenvalue weighted by Gasteiger charge is 2.17. The Morgan fingerprint density at radius 2 is 2.15 bits per heavy atom. The van der Waals surface area contributed by atoms with Crippen molar-refractivity contribution in [2.75, 3.05) is 5.32 Å². The molecule has 8 heteroatoms. The second kappa shape index (κ2) is 8.01. The smallest absolute Gasteiger partial charge is 0.258 e. The highest BCUT2D eigenvalue weighted by atomic mass is 79.9. The number of aromatic nitrogens is 2. The van der Waals surface area contributed by atoms with Crippen LogP contribution >= 0.6 is 27.7 Å². The number of anilines is 1. The van der Waals surface area contributed by atoms with Gasteiger partial charge in [-0.2, -0.15) is 0 Å². The standard InChI is InChI=1S/C18H15BrFN3O2S/c1-10-14(11(2)25-23-10)9-26-18-13(4-3-7-21-18)17(24)22-16-6-5-12(19)8-15(16)20/h3-8H,9H2,1-2H3,(H,22,24). The average molecular weight is 436 g/mol. The van der Waals surface area contributed by atoms with Crippen molar-refractivity contribution in [2.45, 2.75) is 24.6 Å². The van der Waals surface area contributed by atoms with E-state index in [1.165, 1.54) is 23.9 Å². The van der Waals surface area contributed by atoms with Crippen molar-refractivity contribution in [2.24, 2.45) is 0 Å². The van der Waals surface area contributed by atoms with Crippen molar-refractivity contribution < 1.29 is 13.7 Å². The summed E-state index contributed by atoms with van der Waals surface area (Å²) in [5.41, 5.74) is 2.29. The second-order valence-corrected chi connectivity index (χ2v) is 7.41. The number of aryl methyl sites for hydroxylation is 2. The van der Waals surface area contributed by atoms with E-state index in [-0.39, 0.29) is 5.69 Å². The Kier molecular flexibility index (Phi) is 5.73. The number of rotatable bonds is 5. The molecular formula is C18H15BrFN3O2S. The third-order valence-corrected chi connectivity index (χ3v) is 5.25. The van der Waals surface area contributed by atoms with Gasteiger partial charge in [0.05, 0.1) is 16.9 Å². The van der Waals surface area contributed by atoms with Gasteiger partial charge in [-0.25, -0.2) is 9.37 Å². The number of nitrogens with zero attached hydrogens (tertiary/aromatic N) is 2. The summed E-state index contributed by atoms with van der Waals surface area (Å²) in [5, 5.41) is 7.07. The number of hydrogen-bond acceptors (Lipinski definition) is 5. The Morgan fingerprint density at radius 1 is 1.35 bits per heavy atom. The van der Waals surface area contributed by atoms with Gasteiger partial charge < -0.3 is 9.84 Å². The fraction of sp³-hybridized carbons (Fsp3) is 0.167. The zero-order valence-electron chi connectivity index (χ0n) is 14.0. The molecule has 5 nitrogen and oxygen atoms in total. The van der Waals surface area contributed by atoms with Crippen LogP contribution in [-0.2, 0) is 5.75 Å². The van der Waals surface area contributed by atoms with E-state index in [1.807, 2.05) is 13.8 Å². The van der Waals surface area contributed by atoms with Crippen LogP contribution in [0.1, 0.15) is 27.4 Å². The lowest BCUT2D eigenvalue weighted by Crippen LogP contribution is -2.14. The molecule has 1 amide bonds. The number of carbonyl (C=O) groups is 1. The van der Waals surface area contributed by atoms with Crippen LogP contribution in [0.3, 0.4) is 0 Å². The van der Waals surface area contributed by atoms with Crippen LogP contribution in [0.4, 0.5) is 10.1 Å². The normalized spacial score (nSPS) is 10.8. The first-order valence-corrected chi connectivity index (χ1v) is 9.49. The Balaban J connectivity index is 1.79. The van der Waals surface area contributed by atoms with Gasteiger partial charge in [0.15, 0.2) is 0 Å². The molecule has 2 heterocycles. The molecule has 0 saturated carbocycles. The molecule has 0 atom stereocenters. The molecule has 0 aliphatic heterocycles. The molecular weight excluding hydrogens is 421 g/mol. The maximum absolute atomic E-state index is 14.0. The average Bonchev–Trinajstić information content (AvgIpc) is 2.94. The van der Waals surface area contributed by atoms with E-state index < -0.39 is 11.7 Å². The molecule has 26 heavy (non-hydrogen) atoms. The minimum Gasteiger partial charge on any atom is -0.361 e. The Morgan fingerprint density at radius 3 is 2.85 bits per heavy atom. The van der Waals surface area contributed by atoms with Crippen molar-refractivity contribution >= 4 is 39.3 Å². The predicted octanol–water partition coefficient (Wildman–Crippen LogP) is 5.13. The quantitative estimate of drug-likeness (QED) is 0.562. The summed E-state index contributed by atoms with van der Waals surface area (Å²) < 4.78 is 19.7. The number of hydrogen-bond donors (Lipinski definition) is 1. The Bertz CT molecular complexity index is 942. The fourth-order valence-corrected chi connectivity index (χ4v) is 3.79. The van der Waals surface area contributed by atoms with E-state index in [2.05, 4.69) is 31.4 Å². The van der Waals surface area contributed by atoms with Crippen molar-refractivity contribution in [3.8, 4) is 0 Å². The van der Waals surface area contributed by atoms with Gasteiger partial charge in [0.1, 0.15) is 16.6 Å². The zero-order chi connectivity index (χ0) is 18.7. The monoisotopic (exact) mass is 435 g/mol. The van der Waals surface area contributed by atoms with Gasteiger partial charge in [-0.15, -0.1) is 11.8 Å². The Hall–Kier alpha value is -2.19. The van der Waals surface area contributed by atoms with Gasteiger partial charge in [0.2, 0.25) is 0 Å². The molecule has 0 radical (unpaired) electrons. The summed E-state index contributed by atoms with van der Waals surface area (Å²) in [6.45, 7) is 3.72. The molecule has 3 rings (SSSR count). The molecule has 2 aromatic heterocycles. The summed E-state index contributed by atoms with van der Waals surface area (Å²) in [6.07, 6.45) is 1.62. The van der Waals surface area contributed by atoms with Gasteiger partial charge >= 0.3 is 0 Å².